The van der Waals surface area contributed by atoms with Crippen molar-refractivity contribution in [2.45, 2.75) is 46.8 Å². The SMILES string of the molecule is CCNCc1sc(COc2ccccc2CC)nc1CC. The first-order valence-electron chi connectivity index (χ1n) is 7.67. The maximum absolute atomic E-state index is 5.96. The van der Waals surface area contributed by atoms with Crippen molar-refractivity contribution in [2.24, 2.45) is 0 Å². The van der Waals surface area contributed by atoms with Gasteiger partial charge in [0.2, 0.25) is 0 Å². The number of thiazole rings is 1. The smallest absolute Gasteiger partial charge is 0.140 e. The highest BCUT2D eigenvalue weighted by atomic mass is 32.1. The number of aromatic nitrogens is 1. The molecule has 4 heteroatoms. The van der Waals surface area contributed by atoms with Crippen molar-refractivity contribution in [3.05, 3.63) is 45.4 Å². The monoisotopic (exact) mass is 304 g/mol. The van der Waals surface area contributed by atoms with Gasteiger partial charge in [-0.1, -0.05) is 39.0 Å². The van der Waals surface area contributed by atoms with E-state index in [1.807, 2.05) is 12.1 Å². The summed E-state index contributed by atoms with van der Waals surface area (Å²) >= 11 is 1.76. The Bertz CT molecular complexity index is 566. The van der Waals surface area contributed by atoms with E-state index in [0.717, 1.165) is 36.7 Å². The van der Waals surface area contributed by atoms with E-state index in [4.69, 9.17) is 9.72 Å². The van der Waals surface area contributed by atoms with Gasteiger partial charge in [-0.05, 0) is 31.0 Å². The summed E-state index contributed by atoms with van der Waals surface area (Å²) in [5.74, 6) is 0.974. The number of aryl methyl sites for hydroxylation is 2. The number of hydrogen-bond donors (Lipinski definition) is 1. The zero-order valence-electron chi connectivity index (χ0n) is 13.1. The van der Waals surface area contributed by atoms with Gasteiger partial charge in [-0.2, -0.15) is 0 Å². The van der Waals surface area contributed by atoms with E-state index in [9.17, 15) is 0 Å². The standard InChI is InChI=1S/C17H24N2OS/c1-4-13-9-7-8-10-15(13)20-12-17-19-14(5-2)16(21-17)11-18-6-3/h7-10,18H,4-6,11-12H2,1-3H3. The molecular weight excluding hydrogens is 280 g/mol. The molecule has 0 aliphatic rings. The second kappa shape index (κ2) is 8.15. The third-order valence-electron chi connectivity index (χ3n) is 3.40. The fraction of sp³-hybridized carbons (Fsp3) is 0.471. The van der Waals surface area contributed by atoms with Crippen LogP contribution >= 0.6 is 11.3 Å². The Morgan fingerprint density at radius 3 is 2.67 bits per heavy atom. The zero-order chi connectivity index (χ0) is 15.1. The van der Waals surface area contributed by atoms with Gasteiger partial charge in [0, 0.05) is 11.4 Å². The normalized spacial score (nSPS) is 10.8. The molecule has 0 fully saturated rings. The molecule has 2 rings (SSSR count). The fourth-order valence-corrected chi connectivity index (χ4v) is 3.27. The minimum atomic E-state index is 0.556. The van der Waals surface area contributed by atoms with Gasteiger partial charge in [0.1, 0.15) is 17.4 Å². The van der Waals surface area contributed by atoms with Crippen molar-refractivity contribution in [3.8, 4) is 5.75 Å². The average molecular weight is 304 g/mol. The van der Waals surface area contributed by atoms with Crippen LogP contribution < -0.4 is 10.1 Å². The molecule has 0 amide bonds. The third kappa shape index (κ3) is 4.29. The molecule has 0 radical (unpaired) electrons. The summed E-state index contributed by atoms with van der Waals surface area (Å²) in [6.45, 7) is 8.87. The van der Waals surface area contributed by atoms with Crippen LogP contribution in [0.25, 0.3) is 0 Å². The predicted molar refractivity (Wildman–Crippen MR) is 89.0 cm³/mol. The van der Waals surface area contributed by atoms with Gasteiger partial charge in [0.15, 0.2) is 0 Å². The van der Waals surface area contributed by atoms with Gasteiger partial charge in [-0.25, -0.2) is 4.98 Å². The lowest BCUT2D eigenvalue weighted by molar-refractivity contribution is 0.302. The van der Waals surface area contributed by atoms with E-state index >= 15 is 0 Å². The molecule has 0 saturated heterocycles. The predicted octanol–water partition coefficient (Wildman–Crippen LogP) is 3.96. The summed E-state index contributed by atoms with van der Waals surface area (Å²) in [5, 5.41) is 4.44. The summed E-state index contributed by atoms with van der Waals surface area (Å²) in [7, 11) is 0. The van der Waals surface area contributed by atoms with Crippen molar-refractivity contribution in [3.63, 3.8) is 0 Å². The molecule has 1 aromatic heterocycles. The molecule has 0 unspecified atom stereocenters. The molecule has 0 aliphatic carbocycles. The molecule has 1 heterocycles. The Morgan fingerprint density at radius 1 is 1.14 bits per heavy atom. The van der Waals surface area contributed by atoms with Crippen LogP contribution in [0.15, 0.2) is 24.3 Å². The van der Waals surface area contributed by atoms with Crippen LogP contribution in [0.5, 0.6) is 5.75 Å². The zero-order valence-corrected chi connectivity index (χ0v) is 13.9. The van der Waals surface area contributed by atoms with Gasteiger partial charge < -0.3 is 10.1 Å². The van der Waals surface area contributed by atoms with E-state index in [1.54, 1.807) is 11.3 Å². The highest BCUT2D eigenvalue weighted by Gasteiger charge is 2.10. The van der Waals surface area contributed by atoms with Crippen molar-refractivity contribution < 1.29 is 4.74 Å². The van der Waals surface area contributed by atoms with Gasteiger partial charge >= 0.3 is 0 Å². The largest absolute Gasteiger partial charge is 0.486 e. The van der Waals surface area contributed by atoms with Gasteiger partial charge in [-0.15, -0.1) is 11.3 Å². The highest BCUT2D eigenvalue weighted by molar-refractivity contribution is 7.11. The van der Waals surface area contributed by atoms with Crippen molar-refractivity contribution >= 4 is 11.3 Å². The van der Waals surface area contributed by atoms with E-state index < -0.39 is 0 Å². The summed E-state index contributed by atoms with van der Waals surface area (Å²) in [4.78, 5) is 6.04. The molecule has 21 heavy (non-hydrogen) atoms. The van der Waals surface area contributed by atoms with Crippen LogP contribution in [0, 0.1) is 0 Å². The molecule has 2 aromatic rings. The number of hydrogen-bond acceptors (Lipinski definition) is 4. The molecule has 114 valence electrons. The average Bonchev–Trinajstić information content (AvgIpc) is 2.93. The second-order valence-electron chi connectivity index (χ2n) is 4.86. The van der Waals surface area contributed by atoms with E-state index in [-0.39, 0.29) is 0 Å². The Balaban J connectivity index is 2.04. The Hall–Kier alpha value is -1.39. The molecular formula is C17H24N2OS. The van der Waals surface area contributed by atoms with Crippen LogP contribution in [-0.2, 0) is 26.0 Å². The second-order valence-corrected chi connectivity index (χ2v) is 6.03. The number of para-hydroxylation sites is 1. The summed E-state index contributed by atoms with van der Waals surface area (Å²) in [5.41, 5.74) is 2.45. The molecule has 1 N–H and O–H groups in total. The fourth-order valence-electron chi connectivity index (χ4n) is 2.23. The number of nitrogens with one attached hydrogen (secondary N) is 1. The van der Waals surface area contributed by atoms with Gasteiger partial charge in [0.25, 0.3) is 0 Å². The number of rotatable bonds is 8. The Kier molecular flexibility index (Phi) is 6.21. The quantitative estimate of drug-likeness (QED) is 0.801. The van der Waals surface area contributed by atoms with Gasteiger partial charge in [-0.3, -0.25) is 0 Å². The molecule has 0 bridgehead atoms. The lowest BCUT2D eigenvalue weighted by Crippen LogP contribution is -2.11. The van der Waals surface area contributed by atoms with Crippen molar-refractivity contribution in [1.82, 2.24) is 10.3 Å². The molecule has 3 nitrogen and oxygen atoms in total. The maximum atomic E-state index is 5.96. The molecule has 0 spiro atoms. The van der Waals surface area contributed by atoms with Crippen molar-refractivity contribution in [2.75, 3.05) is 6.54 Å². The van der Waals surface area contributed by atoms with Gasteiger partial charge in [0.05, 0.1) is 5.69 Å². The number of ether oxygens (including phenoxy) is 1. The Morgan fingerprint density at radius 2 is 1.95 bits per heavy atom. The number of nitrogens with zero attached hydrogens (tertiary/aromatic N) is 1. The highest BCUT2D eigenvalue weighted by Crippen LogP contribution is 2.23. The molecule has 0 saturated carbocycles. The van der Waals surface area contributed by atoms with Crippen LogP contribution in [0.2, 0.25) is 0 Å². The lowest BCUT2D eigenvalue weighted by Gasteiger charge is -2.08. The molecule has 0 aliphatic heterocycles. The van der Waals surface area contributed by atoms with Crippen LogP contribution in [0.3, 0.4) is 0 Å². The first-order valence-corrected chi connectivity index (χ1v) is 8.48. The minimum absolute atomic E-state index is 0.556. The van der Waals surface area contributed by atoms with Crippen LogP contribution in [0.4, 0.5) is 0 Å². The summed E-state index contributed by atoms with van der Waals surface area (Å²) in [6, 6.07) is 8.22. The van der Waals surface area contributed by atoms with E-state index in [2.05, 4.69) is 38.2 Å². The topological polar surface area (TPSA) is 34.1 Å². The maximum Gasteiger partial charge on any atom is 0.140 e. The van der Waals surface area contributed by atoms with E-state index in [1.165, 1.54) is 16.1 Å². The molecule has 0 atom stereocenters. The summed E-state index contributed by atoms with van der Waals surface area (Å²) < 4.78 is 5.96. The Labute approximate surface area is 131 Å². The van der Waals surface area contributed by atoms with Crippen LogP contribution in [-0.4, -0.2) is 11.5 Å². The van der Waals surface area contributed by atoms with Crippen molar-refractivity contribution in [1.29, 1.82) is 0 Å². The summed E-state index contributed by atoms with van der Waals surface area (Å²) in [6.07, 6.45) is 1.96. The third-order valence-corrected chi connectivity index (χ3v) is 4.47. The minimum Gasteiger partial charge on any atom is -0.486 e. The first kappa shape index (κ1) is 16.0. The lowest BCUT2D eigenvalue weighted by atomic mass is 10.1. The first-order chi connectivity index (χ1) is 10.3. The molecule has 1 aromatic carbocycles. The van der Waals surface area contributed by atoms with E-state index in [0.29, 0.717) is 6.61 Å². The number of benzene rings is 1. The van der Waals surface area contributed by atoms with Crippen LogP contribution in [0.1, 0.15) is 41.9 Å².